The van der Waals surface area contributed by atoms with Crippen LogP contribution in [0.1, 0.15) is 6.92 Å². The Balaban J connectivity index is 2.65. The number of carbonyl (C=O) groups excluding carboxylic acids is 1. The van der Waals surface area contributed by atoms with Gasteiger partial charge in [-0.3, -0.25) is 9.36 Å². The lowest BCUT2D eigenvalue weighted by Gasteiger charge is -2.00. The first-order valence-corrected chi connectivity index (χ1v) is 5.47. The molecule has 0 atom stereocenters. The van der Waals surface area contributed by atoms with E-state index in [-0.39, 0.29) is 12.1 Å². The average molecular weight is 287 g/mol. The van der Waals surface area contributed by atoms with Gasteiger partial charge in [-0.2, -0.15) is 0 Å². The van der Waals surface area contributed by atoms with Crippen LogP contribution in [0.25, 0.3) is 0 Å². The van der Waals surface area contributed by atoms with Crippen molar-refractivity contribution in [3.63, 3.8) is 0 Å². The average Bonchev–Trinajstić information content (AvgIpc) is 2.25. The number of hydrogen-bond acceptors (Lipinski definition) is 4. The molecule has 6 heteroatoms. The third kappa shape index (κ3) is 3.62. The molecule has 1 aromatic heterocycles. The number of nitrogens with zero attached hydrogens (tertiary/aromatic N) is 2. The largest absolute Gasteiger partial charge is 0.463 e. The molecule has 0 saturated heterocycles. The molecule has 1 rings (SSSR count). The SMILES string of the molecule is CCOC(=O)/C=C/Cn1cncc(Br)c1=O. The minimum Gasteiger partial charge on any atom is -0.463 e. The molecule has 86 valence electrons. The number of halogens is 1. The summed E-state index contributed by atoms with van der Waals surface area (Å²) in [6.45, 7) is 2.35. The summed E-state index contributed by atoms with van der Waals surface area (Å²) >= 11 is 3.08. The van der Waals surface area contributed by atoms with E-state index in [4.69, 9.17) is 4.74 Å². The third-order valence-corrected chi connectivity index (χ3v) is 2.25. The van der Waals surface area contributed by atoms with Gasteiger partial charge in [0.2, 0.25) is 0 Å². The summed E-state index contributed by atoms with van der Waals surface area (Å²) in [6.07, 6.45) is 5.67. The summed E-state index contributed by atoms with van der Waals surface area (Å²) < 4.78 is 6.46. The first kappa shape index (κ1) is 12.6. The van der Waals surface area contributed by atoms with Crippen molar-refractivity contribution in [1.29, 1.82) is 0 Å². The first-order valence-electron chi connectivity index (χ1n) is 4.68. The summed E-state index contributed by atoms with van der Waals surface area (Å²) in [5.74, 6) is -0.418. The van der Waals surface area contributed by atoms with Crippen molar-refractivity contribution in [3.05, 3.63) is 39.5 Å². The lowest BCUT2D eigenvalue weighted by atomic mass is 10.4. The second kappa shape index (κ2) is 6.22. The van der Waals surface area contributed by atoms with Crippen molar-refractivity contribution < 1.29 is 9.53 Å². The van der Waals surface area contributed by atoms with Crippen LogP contribution in [0, 0.1) is 0 Å². The Morgan fingerprint density at radius 3 is 3.12 bits per heavy atom. The minimum atomic E-state index is -0.418. The highest BCUT2D eigenvalue weighted by Crippen LogP contribution is 1.98. The molecule has 0 aliphatic rings. The number of allylic oxidation sites excluding steroid dienone is 1. The topological polar surface area (TPSA) is 61.2 Å². The standard InChI is InChI=1S/C10H11BrN2O3/c1-2-16-9(14)4-3-5-13-7-12-6-8(11)10(13)15/h3-4,6-7H,2,5H2,1H3/b4-3+. The van der Waals surface area contributed by atoms with E-state index < -0.39 is 5.97 Å². The van der Waals surface area contributed by atoms with E-state index in [1.54, 1.807) is 13.0 Å². The summed E-state index contributed by atoms with van der Waals surface area (Å²) in [5.41, 5.74) is -0.191. The van der Waals surface area contributed by atoms with Gasteiger partial charge >= 0.3 is 5.97 Å². The number of carbonyl (C=O) groups is 1. The van der Waals surface area contributed by atoms with Crippen LogP contribution in [-0.2, 0) is 16.1 Å². The molecule has 0 N–H and O–H groups in total. The Morgan fingerprint density at radius 2 is 2.44 bits per heavy atom. The lowest BCUT2D eigenvalue weighted by Crippen LogP contribution is -2.20. The zero-order valence-electron chi connectivity index (χ0n) is 8.72. The normalized spacial score (nSPS) is 10.6. The summed E-state index contributed by atoms with van der Waals surface area (Å²) in [6, 6.07) is 0. The Hall–Kier alpha value is -1.43. The maximum Gasteiger partial charge on any atom is 0.330 e. The maximum atomic E-state index is 11.5. The van der Waals surface area contributed by atoms with Crippen molar-refractivity contribution in [2.45, 2.75) is 13.5 Å². The molecule has 0 radical (unpaired) electrons. The van der Waals surface area contributed by atoms with E-state index in [1.807, 2.05) is 0 Å². The lowest BCUT2D eigenvalue weighted by molar-refractivity contribution is -0.137. The molecule has 0 bridgehead atoms. The van der Waals surface area contributed by atoms with Gasteiger partial charge in [0.1, 0.15) is 4.47 Å². The number of ether oxygens (including phenoxy) is 1. The van der Waals surface area contributed by atoms with Crippen molar-refractivity contribution in [1.82, 2.24) is 9.55 Å². The minimum absolute atomic E-state index is 0.191. The Labute approximate surface area is 101 Å². The molecule has 0 amide bonds. The molecule has 0 aliphatic heterocycles. The molecule has 16 heavy (non-hydrogen) atoms. The molecule has 0 aliphatic carbocycles. The fourth-order valence-corrected chi connectivity index (χ4v) is 1.35. The highest BCUT2D eigenvalue weighted by Gasteiger charge is 1.99. The van der Waals surface area contributed by atoms with Crippen LogP contribution in [-0.4, -0.2) is 22.1 Å². The summed E-state index contributed by atoms with van der Waals surface area (Å²) in [7, 11) is 0. The highest BCUT2D eigenvalue weighted by molar-refractivity contribution is 9.10. The molecule has 1 heterocycles. The van der Waals surface area contributed by atoms with Gasteiger partial charge in [-0.1, -0.05) is 6.08 Å². The third-order valence-electron chi connectivity index (χ3n) is 1.70. The van der Waals surface area contributed by atoms with Crippen molar-refractivity contribution in [2.24, 2.45) is 0 Å². The van der Waals surface area contributed by atoms with Crippen LogP contribution < -0.4 is 5.56 Å². The van der Waals surface area contributed by atoms with Gasteiger partial charge in [0.25, 0.3) is 5.56 Å². The molecular formula is C10H11BrN2O3. The number of rotatable bonds is 4. The second-order valence-electron chi connectivity index (χ2n) is 2.85. The van der Waals surface area contributed by atoms with Crippen LogP contribution in [0.4, 0.5) is 0 Å². The summed E-state index contributed by atoms with van der Waals surface area (Å²) in [4.78, 5) is 26.3. The highest BCUT2D eigenvalue weighted by atomic mass is 79.9. The van der Waals surface area contributed by atoms with Crippen LogP contribution in [0.5, 0.6) is 0 Å². The van der Waals surface area contributed by atoms with Gasteiger partial charge < -0.3 is 4.74 Å². The molecule has 0 spiro atoms. The van der Waals surface area contributed by atoms with Crippen LogP contribution >= 0.6 is 15.9 Å². The van der Waals surface area contributed by atoms with E-state index in [2.05, 4.69) is 20.9 Å². The van der Waals surface area contributed by atoms with E-state index in [1.165, 1.54) is 23.2 Å². The van der Waals surface area contributed by atoms with E-state index in [9.17, 15) is 9.59 Å². The van der Waals surface area contributed by atoms with Crippen LogP contribution in [0.2, 0.25) is 0 Å². The van der Waals surface area contributed by atoms with Gasteiger partial charge in [-0.05, 0) is 22.9 Å². The zero-order valence-corrected chi connectivity index (χ0v) is 10.3. The smallest absolute Gasteiger partial charge is 0.330 e. The van der Waals surface area contributed by atoms with Gasteiger partial charge in [-0.15, -0.1) is 0 Å². The predicted octanol–water partition coefficient (Wildman–Crippen LogP) is 1.13. The van der Waals surface area contributed by atoms with E-state index >= 15 is 0 Å². The Bertz CT molecular complexity index is 454. The maximum absolute atomic E-state index is 11.5. The van der Waals surface area contributed by atoms with Crippen molar-refractivity contribution in [2.75, 3.05) is 6.61 Å². The predicted molar refractivity (Wildman–Crippen MR) is 62.0 cm³/mol. The van der Waals surface area contributed by atoms with Gasteiger partial charge in [0, 0.05) is 18.8 Å². The first-order chi connectivity index (χ1) is 7.65. The quantitative estimate of drug-likeness (QED) is 0.615. The zero-order chi connectivity index (χ0) is 12.0. The summed E-state index contributed by atoms with van der Waals surface area (Å²) in [5, 5.41) is 0. The second-order valence-corrected chi connectivity index (χ2v) is 3.71. The Morgan fingerprint density at radius 1 is 1.69 bits per heavy atom. The van der Waals surface area contributed by atoms with Crippen molar-refractivity contribution >= 4 is 21.9 Å². The van der Waals surface area contributed by atoms with Gasteiger partial charge in [0.05, 0.1) is 12.9 Å². The number of aromatic nitrogens is 2. The van der Waals surface area contributed by atoms with E-state index in [0.29, 0.717) is 11.1 Å². The molecule has 1 aromatic rings. The monoisotopic (exact) mass is 286 g/mol. The van der Waals surface area contributed by atoms with Crippen LogP contribution in [0.15, 0.2) is 33.9 Å². The molecule has 0 unspecified atom stereocenters. The molecule has 0 fully saturated rings. The fraction of sp³-hybridized carbons (Fsp3) is 0.300. The van der Waals surface area contributed by atoms with Crippen molar-refractivity contribution in [3.8, 4) is 0 Å². The fourth-order valence-electron chi connectivity index (χ4n) is 1.01. The number of esters is 1. The molecular weight excluding hydrogens is 276 g/mol. The molecule has 0 saturated carbocycles. The van der Waals surface area contributed by atoms with Crippen LogP contribution in [0.3, 0.4) is 0 Å². The van der Waals surface area contributed by atoms with Gasteiger partial charge in [-0.25, -0.2) is 9.78 Å². The molecule has 0 aromatic carbocycles. The molecule has 5 nitrogen and oxygen atoms in total. The number of hydrogen-bond donors (Lipinski definition) is 0. The Kier molecular flexibility index (Phi) is 4.91. The van der Waals surface area contributed by atoms with Gasteiger partial charge in [0.15, 0.2) is 0 Å². The van der Waals surface area contributed by atoms with E-state index in [0.717, 1.165) is 0 Å².